The average molecular weight is 281 g/mol. The molecule has 0 atom stereocenters. The van der Waals surface area contributed by atoms with Crippen molar-refractivity contribution in [2.45, 2.75) is 65.2 Å². The summed E-state index contributed by atoms with van der Waals surface area (Å²) in [6.07, 6.45) is 6.57. The van der Waals surface area contributed by atoms with E-state index in [2.05, 4.69) is 13.8 Å². The zero-order chi connectivity index (χ0) is 14.8. The molecule has 2 rings (SSSR count). The van der Waals surface area contributed by atoms with Crippen molar-refractivity contribution >= 4 is 11.9 Å². The lowest BCUT2D eigenvalue weighted by molar-refractivity contribution is -0.153. The molecule has 1 aliphatic carbocycles. The van der Waals surface area contributed by atoms with Gasteiger partial charge in [0.15, 0.2) is 0 Å². The molecule has 2 fully saturated rings. The maximum absolute atomic E-state index is 12.5. The van der Waals surface area contributed by atoms with Gasteiger partial charge in [0.1, 0.15) is 0 Å². The van der Waals surface area contributed by atoms with Crippen LogP contribution in [0.5, 0.6) is 0 Å². The number of carbonyl (C=O) groups excluding carboxylic acids is 1. The molecule has 0 spiro atoms. The van der Waals surface area contributed by atoms with Crippen molar-refractivity contribution in [1.82, 2.24) is 4.90 Å². The number of hydrogen-bond donors (Lipinski definition) is 1. The summed E-state index contributed by atoms with van der Waals surface area (Å²) in [4.78, 5) is 25.9. The van der Waals surface area contributed by atoms with Crippen molar-refractivity contribution in [3.05, 3.63) is 0 Å². The quantitative estimate of drug-likeness (QED) is 0.865. The van der Waals surface area contributed by atoms with Gasteiger partial charge in [0.05, 0.1) is 5.41 Å². The summed E-state index contributed by atoms with van der Waals surface area (Å²) in [5.74, 6) is -0.731. The lowest BCUT2D eigenvalue weighted by atomic mass is 9.82. The minimum absolute atomic E-state index is 0.0481. The Balaban J connectivity index is 1.99. The molecule has 4 heteroatoms. The van der Waals surface area contributed by atoms with Crippen LogP contribution in [0.3, 0.4) is 0 Å². The Morgan fingerprint density at radius 3 is 2.25 bits per heavy atom. The van der Waals surface area contributed by atoms with E-state index in [1.165, 1.54) is 0 Å². The van der Waals surface area contributed by atoms with Gasteiger partial charge in [-0.1, -0.05) is 26.7 Å². The predicted octanol–water partition coefficient (Wildman–Crippen LogP) is 3.06. The highest BCUT2D eigenvalue weighted by Crippen LogP contribution is 2.42. The molecule has 0 radical (unpaired) electrons. The van der Waals surface area contributed by atoms with Crippen molar-refractivity contribution in [3.8, 4) is 0 Å². The molecule has 0 bridgehead atoms. The molecule has 1 saturated carbocycles. The van der Waals surface area contributed by atoms with Crippen molar-refractivity contribution in [2.24, 2.45) is 10.8 Å². The number of nitrogens with zero attached hydrogens (tertiary/aromatic N) is 1. The molecule has 2 aliphatic rings. The van der Waals surface area contributed by atoms with Crippen LogP contribution in [-0.4, -0.2) is 35.0 Å². The monoisotopic (exact) mass is 281 g/mol. The third kappa shape index (κ3) is 3.33. The van der Waals surface area contributed by atoms with Crippen LogP contribution < -0.4 is 0 Å². The van der Waals surface area contributed by atoms with Crippen LogP contribution in [0, 0.1) is 10.8 Å². The van der Waals surface area contributed by atoms with Crippen LogP contribution in [0.25, 0.3) is 0 Å². The van der Waals surface area contributed by atoms with Crippen molar-refractivity contribution < 1.29 is 14.7 Å². The van der Waals surface area contributed by atoms with Crippen molar-refractivity contribution in [1.29, 1.82) is 0 Å². The maximum atomic E-state index is 12.5. The van der Waals surface area contributed by atoms with E-state index in [4.69, 9.17) is 0 Å². The third-order valence-corrected chi connectivity index (χ3v) is 5.20. The van der Waals surface area contributed by atoms with Gasteiger partial charge in [-0.15, -0.1) is 0 Å². The van der Waals surface area contributed by atoms with E-state index < -0.39 is 11.4 Å². The van der Waals surface area contributed by atoms with E-state index in [9.17, 15) is 14.7 Å². The second kappa shape index (κ2) is 5.74. The van der Waals surface area contributed by atoms with Gasteiger partial charge in [-0.05, 0) is 37.5 Å². The number of aliphatic carboxylic acids is 1. The molecule has 1 aliphatic heterocycles. The Morgan fingerprint density at radius 1 is 1.00 bits per heavy atom. The summed E-state index contributed by atoms with van der Waals surface area (Å²) in [7, 11) is 0. The first-order valence-electron chi connectivity index (χ1n) is 7.86. The molecule has 4 nitrogen and oxygen atoms in total. The van der Waals surface area contributed by atoms with Crippen molar-refractivity contribution in [3.63, 3.8) is 0 Å². The fourth-order valence-corrected chi connectivity index (χ4v) is 3.59. The molecule has 1 amide bonds. The predicted molar refractivity (Wildman–Crippen MR) is 77.4 cm³/mol. The Hall–Kier alpha value is -1.06. The highest BCUT2D eigenvalue weighted by molar-refractivity contribution is 5.85. The summed E-state index contributed by atoms with van der Waals surface area (Å²) in [6.45, 7) is 6.06. The van der Waals surface area contributed by atoms with Gasteiger partial charge in [0, 0.05) is 19.5 Å². The van der Waals surface area contributed by atoms with Crippen LogP contribution in [0.4, 0.5) is 0 Å². The average Bonchev–Trinajstić information content (AvgIpc) is 2.75. The fraction of sp³-hybridized carbons (Fsp3) is 0.875. The van der Waals surface area contributed by atoms with E-state index in [1.54, 1.807) is 0 Å². The molecular weight excluding hydrogens is 254 g/mol. The van der Waals surface area contributed by atoms with E-state index in [-0.39, 0.29) is 12.3 Å². The molecule has 0 aromatic carbocycles. The summed E-state index contributed by atoms with van der Waals surface area (Å²) in [6, 6.07) is 0. The number of likely N-dealkylation sites (tertiary alicyclic amines) is 1. The SMILES string of the molecule is CC1(C)CCCN(C(=O)CC2(C(=O)O)CCCC2)CC1. The lowest BCUT2D eigenvalue weighted by Gasteiger charge is -2.28. The van der Waals surface area contributed by atoms with Crippen molar-refractivity contribution in [2.75, 3.05) is 13.1 Å². The number of amides is 1. The molecular formula is C16H27NO3. The van der Waals surface area contributed by atoms with Gasteiger partial charge in [0.25, 0.3) is 0 Å². The summed E-state index contributed by atoms with van der Waals surface area (Å²) >= 11 is 0. The van der Waals surface area contributed by atoms with Gasteiger partial charge in [-0.25, -0.2) is 0 Å². The van der Waals surface area contributed by atoms with Crippen LogP contribution in [-0.2, 0) is 9.59 Å². The highest BCUT2D eigenvalue weighted by atomic mass is 16.4. The van der Waals surface area contributed by atoms with Gasteiger partial charge in [-0.3, -0.25) is 9.59 Å². The fourth-order valence-electron chi connectivity index (χ4n) is 3.59. The molecule has 0 aromatic heterocycles. The molecule has 0 unspecified atom stereocenters. The standard InChI is InChI=1S/C16H27NO3/c1-15(2)6-5-10-17(11-9-15)13(18)12-16(14(19)20)7-3-4-8-16/h3-12H2,1-2H3,(H,19,20). The van der Waals surface area contributed by atoms with Crippen LogP contribution in [0.2, 0.25) is 0 Å². The first-order chi connectivity index (χ1) is 9.35. The lowest BCUT2D eigenvalue weighted by Crippen LogP contribution is -2.39. The van der Waals surface area contributed by atoms with Crippen LogP contribution >= 0.6 is 0 Å². The normalized spacial score (nSPS) is 25.2. The van der Waals surface area contributed by atoms with Crippen LogP contribution in [0.1, 0.15) is 65.2 Å². The molecule has 1 heterocycles. The topological polar surface area (TPSA) is 57.6 Å². The van der Waals surface area contributed by atoms with E-state index in [0.717, 1.165) is 45.2 Å². The van der Waals surface area contributed by atoms with Crippen LogP contribution in [0.15, 0.2) is 0 Å². The largest absolute Gasteiger partial charge is 0.481 e. The number of carboxylic acids is 1. The molecule has 20 heavy (non-hydrogen) atoms. The minimum atomic E-state index is -0.779. The second-order valence-corrected chi connectivity index (χ2v) is 7.37. The highest BCUT2D eigenvalue weighted by Gasteiger charge is 2.44. The maximum Gasteiger partial charge on any atom is 0.310 e. The van der Waals surface area contributed by atoms with E-state index >= 15 is 0 Å². The second-order valence-electron chi connectivity index (χ2n) is 7.37. The third-order valence-electron chi connectivity index (χ3n) is 5.20. The van der Waals surface area contributed by atoms with E-state index in [1.807, 2.05) is 4.90 Å². The number of hydrogen-bond acceptors (Lipinski definition) is 2. The summed E-state index contributed by atoms with van der Waals surface area (Å²) < 4.78 is 0. The first kappa shape index (κ1) is 15.3. The zero-order valence-electron chi connectivity index (χ0n) is 12.8. The molecule has 114 valence electrons. The number of carboxylic acid groups (broad SMARTS) is 1. The van der Waals surface area contributed by atoms with Gasteiger partial charge in [0.2, 0.25) is 5.91 Å². The first-order valence-corrected chi connectivity index (χ1v) is 7.86. The molecule has 1 N–H and O–H groups in total. The smallest absolute Gasteiger partial charge is 0.310 e. The molecule has 1 saturated heterocycles. The van der Waals surface area contributed by atoms with Gasteiger partial charge < -0.3 is 10.0 Å². The Kier molecular flexibility index (Phi) is 4.40. The van der Waals surface area contributed by atoms with E-state index in [0.29, 0.717) is 18.3 Å². The van der Waals surface area contributed by atoms with Gasteiger partial charge >= 0.3 is 5.97 Å². The number of carbonyl (C=O) groups is 2. The summed E-state index contributed by atoms with van der Waals surface area (Å²) in [5, 5.41) is 9.48. The minimum Gasteiger partial charge on any atom is -0.481 e. The zero-order valence-corrected chi connectivity index (χ0v) is 12.8. The Labute approximate surface area is 121 Å². The van der Waals surface area contributed by atoms with Gasteiger partial charge in [-0.2, -0.15) is 0 Å². The molecule has 0 aromatic rings. The Bertz CT molecular complexity index is 383. The summed E-state index contributed by atoms with van der Waals surface area (Å²) in [5.41, 5.74) is -0.480. The Morgan fingerprint density at radius 2 is 1.65 bits per heavy atom. The number of rotatable bonds is 3.